The number of nitrogens with zero attached hydrogens (tertiary/aromatic N) is 1. The summed E-state index contributed by atoms with van der Waals surface area (Å²) in [7, 11) is 0. The van der Waals surface area contributed by atoms with Crippen LogP contribution in [0, 0.1) is 0 Å². The lowest BCUT2D eigenvalue weighted by Crippen LogP contribution is -2.07. The average molecular weight is 200 g/mol. The molecular formula is C8H10ClN3O. The number of nitrogens with one attached hydrogen (secondary N) is 1. The summed E-state index contributed by atoms with van der Waals surface area (Å²) in [6, 6.07) is 3.52. The molecule has 1 rings (SSSR count). The molecule has 0 aliphatic rings. The Morgan fingerprint density at radius 1 is 1.69 bits per heavy atom. The van der Waals surface area contributed by atoms with E-state index in [4.69, 9.17) is 22.5 Å². The molecule has 0 spiro atoms. The monoisotopic (exact) mass is 199 g/mol. The molecule has 0 aliphatic heterocycles. The summed E-state index contributed by atoms with van der Waals surface area (Å²) in [5.41, 5.74) is 8.86. The van der Waals surface area contributed by atoms with Crippen LogP contribution in [0.1, 0.15) is 5.56 Å². The summed E-state index contributed by atoms with van der Waals surface area (Å²) in [5, 5.41) is 8.77. The van der Waals surface area contributed by atoms with Gasteiger partial charge in [0.15, 0.2) is 0 Å². The summed E-state index contributed by atoms with van der Waals surface area (Å²) in [5.74, 6) is 0. The number of hydrogen-bond acceptors (Lipinski definition) is 4. The van der Waals surface area contributed by atoms with Gasteiger partial charge in [-0.25, -0.2) is 4.98 Å². The number of nitrogens with two attached hydrogens (primary N) is 1. The third-order valence-corrected chi connectivity index (χ3v) is 1.67. The number of hydrogen-bond donors (Lipinski definition) is 3. The SMILES string of the molecule is N/C(=C\NO)Cc1ccc(Cl)nc1. The van der Waals surface area contributed by atoms with Crippen molar-refractivity contribution in [3.05, 3.63) is 40.9 Å². The van der Waals surface area contributed by atoms with Gasteiger partial charge in [-0.1, -0.05) is 17.7 Å². The Hall–Kier alpha value is -1.26. The largest absolute Gasteiger partial charge is 0.401 e. The van der Waals surface area contributed by atoms with Gasteiger partial charge >= 0.3 is 0 Å². The number of hydroxylamine groups is 1. The highest BCUT2D eigenvalue weighted by molar-refractivity contribution is 6.29. The number of halogens is 1. The van der Waals surface area contributed by atoms with Crippen molar-refractivity contribution in [3.63, 3.8) is 0 Å². The second kappa shape index (κ2) is 4.69. The lowest BCUT2D eigenvalue weighted by atomic mass is 10.2. The molecule has 1 heterocycles. The van der Waals surface area contributed by atoms with Crippen molar-refractivity contribution in [2.24, 2.45) is 5.73 Å². The van der Waals surface area contributed by atoms with Gasteiger partial charge in [0, 0.05) is 24.5 Å². The van der Waals surface area contributed by atoms with E-state index in [1.54, 1.807) is 12.3 Å². The maximum Gasteiger partial charge on any atom is 0.129 e. The maximum absolute atomic E-state index is 8.32. The molecule has 0 atom stereocenters. The Kier molecular flexibility index (Phi) is 3.54. The molecule has 4 N–H and O–H groups in total. The van der Waals surface area contributed by atoms with Gasteiger partial charge in [0.25, 0.3) is 0 Å². The van der Waals surface area contributed by atoms with Gasteiger partial charge in [0.05, 0.1) is 0 Å². The van der Waals surface area contributed by atoms with Crippen LogP contribution in [0.5, 0.6) is 0 Å². The Labute approximate surface area is 81.0 Å². The van der Waals surface area contributed by atoms with Gasteiger partial charge in [-0.2, -0.15) is 0 Å². The minimum atomic E-state index is 0.451. The highest BCUT2D eigenvalue weighted by Gasteiger charge is 1.95. The van der Waals surface area contributed by atoms with Crippen molar-refractivity contribution in [1.29, 1.82) is 0 Å². The Morgan fingerprint density at radius 3 is 3.00 bits per heavy atom. The Balaban J connectivity index is 2.64. The highest BCUT2D eigenvalue weighted by atomic mass is 35.5. The zero-order valence-electron chi connectivity index (χ0n) is 6.87. The third-order valence-electron chi connectivity index (χ3n) is 1.45. The molecule has 0 fully saturated rings. The fourth-order valence-corrected chi connectivity index (χ4v) is 0.992. The molecular weight excluding hydrogens is 190 g/mol. The topological polar surface area (TPSA) is 71.2 Å². The summed E-state index contributed by atoms with van der Waals surface area (Å²) in [4.78, 5) is 3.89. The van der Waals surface area contributed by atoms with E-state index in [0.717, 1.165) is 5.56 Å². The van der Waals surface area contributed by atoms with Crippen molar-refractivity contribution in [2.75, 3.05) is 0 Å². The second-order valence-electron chi connectivity index (χ2n) is 2.51. The summed E-state index contributed by atoms with van der Waals surface area (Å²) < 4.78 is 0. The molecule has 0 radical (unpaired) electrons. The average Bonchev–Trinajstić information content (AvgIpc) is 2.09. The molecule has 5 heteroatoms. The first kappa shape index (κ1) is 9.83. The predicted octanol–water partition coefficient (Wildman–Crippen LogP) is 1.06. The smallest absolute Gasteiger partial charge is 0.129 e. The highest BCUT2D eigenvalue weighted by Crippen LogP contribution is 2.07. The van der Waals surface area contributed by atoms with E-state index in [-0.39, 0.29) is 0 Å². The van der Waals surface area contributed by atoms with Crippen LogP contribution in [0.4, 0.5) is 0 Å². The van der Waals surface area contributed by atoms with Crippen LogP contribution in [0.25, 0.3) is 0 Å². The molecule has 1 aromatic heterocycles. The normalized spacial score (nSPS) is 11.4. The molecule has 4 nitrogen and oxygen atoms in total. The van der Waals surface area contributed by atoms with Gasteiger partial charge < -0.3 is 5.73 Å². The first-order valence-electron chi connectivity index (χ1n) is 3.67. The van der Waals surface area contributed by atoms with Crippen molar-refractivity contribution >= 4 is 11.6 Å². The van der Waals surface area contributed by atoms with Crippen LogP contribution < -0.4 is 11.2 Å². The summed E-state index contributed by atoms with van der Waals surface area (Å²) in [6.45, 7) is 0. The van der Waals surface area contributed by atoms with Gasteiger partial charge in [-0.15, -0.1) is 0 Å². The van der Waals surface area contributed by atoms with E-state index in [1.165, 1.54) is 6.20 Å². The molecule has 0 amide bonds. The van der Waals surface area contributed by atoms with Crippen LogP contribution in [0.3, 0.4) is 0 Å². The van der Waals surface area contributed by atoms with Crippen LogP contribution in [-0.2, 0) is 6.42 Å². The van der Waals surface area contributed by atoms with Crippen LogP contribution in [0.2, 0.25) is 5.15 Å². The number of aromatic nitrogens is 1. The summed E-state index contributed by atoms with van der Waals surface area (Å²) >= 11 is 5.60. The quantitative estimate of drug-likeness (QED) is 0.503. The van der Waals surface area contributed by atoms with E-state index in [2.05, 4.69) is 4.98 Å². The number of rotatable bonds is 3. The zero-order chi connectivity index (χ0) is 9.68. The molecule has 1 aromatic rings. The standard InChI is InChI=1S/C8H10ClN3O/c9-8-2-1-6(4-11-8)3-7(10)5-12-13/h1-2,4-5,12-13H,3,10H2/b7-5-. The van der Waals surface area contributed by atoms with Crippen LogP contribution in [0.15, 0.2) is 30.2 Å². The summed E-state index contributed by atoms with van der Waals surface area (Å²) in [6.07, 6.45) is 3.48. The Bertz CT molecular complexity index is 297. The lowest BCUT2D eigenvalue weighted by molar-refractivity contribution is 0.213. The minimum Gasteiger partial charge on any atom is -0.401 e. The molecule has 0 saturated heterocycles. The van der Waals surface area contributed by atoms with Gasteiger partial charge in [-0.05, 0) is 11.6 Å². The van der Waals surface area contributed by atoms with E-state index in [1.807, 2.05) is 11.5 Å². The molecule has 0 unspecified atom stereocenters. The lowest BCUT2D eigenvalue weighted by Gasteiger charge is -2.00. The second-order valence-corrected chi connectivity index (χ2v) is 2.90. The molecule has 0 saturated carbocycles. The van der Waals surface area contributed by atoms with Gasteiger partial charge in [-0.3, -0.25) is 10.7 Å². The van der Waals surface area contributed by atoms with Gasteiger partial charge in [0.1, 0.15) is 5.15 Å². The third kappa shape index (κ3) is 3.31. The first-order valence-corrected chi connectivity index (χ1v) is 4.04. The maximum atomic E-state index is 8.32. The van der Waals surface area contributed by atoms with E-state index in [0.29, 0.717) is 17.3 Å². The Morgan fingerprint density at radius 2 is 2.46 bits per heavy atom. The van der Waals surface area contributed by atoms with Crippen LogP contribution in [-0.4, -0.2) is 10.2 Å². The van der Waals surface area contributed by atoms with Crippen molar-refractivity contribution < 1.29 is 5.21 Å². The molecule has 13 heavy (non-hydrogen) atoms. The van der Waals surface area contributed by atoms with Crippen LogP contribution >= 0.6 is 11.6 Å². The minimum absolute atomic E-state index is 0.451. The molecule has 0 aromatic carbocycles. The fourth-order valence-electron chi connectivity index (χ4n) is 0.881. The first-order chi connectivity index (χ1) is 6.22. The molecule has 70 valence electrons. The van der Waals surface area contributed by atoms with E-state index < -0.39 is 0 Å². The van der Waals surface area contributed by atoms with Crippen molar-refractivity contribution in [1.82, 2.24) is 10.5 Å². The van der Waals surface area contributed by atoms with Gasteiger partial charge in [0.2, 0.25) is 0 Å². The van der Waals surface area contributed by atoms with E-state index in [9.17, 15) is 0 Å². The van der Waals surface area contributed by atoms with Crippen molar-refractivity contribution in [3.8, 4) is 0 Å². The number of pyridine rings is 1. The van der Waals surface area contributed by atoms with E-state index >= 15 is 0 Å². The fraction of sp³-hybridized carbons (Fsp3) is 0.125. The predicted molar refractivity (Wildman–Crippen MR) is 50.1 cm³/mol. The molecule has 0 aliphatic carbocycles. The number of allylic oxidation sites excluding steroid dienone is 1. The van der Waals surface area contributed by atoms with Crippen molar-refractivity contribution in [2.45, 2.75) is 6.42 Å². The zero-order valence-corrected chi connectivity index (χ0v) is 7.62. The molecule has 0 bridgehead atoms.